The molecule has 0 unspecified atom stereocenters. The fourth-order valence-corrected chi connectivity index (χ4v) is 2.32. The third-order valence-electron chi connectivity index (χ3n) is 3.70. The van der Waals surface area contributed by atoms with Crippen LogP contribution in [0.3, 0.4) is 0 Å². The maximum atomic E-state index is 13.0. The molecule has 5 heteroatoms. The number of hydrogen-bond donors (Lipinski definition) is 2. The van der Waals surface area contributed by atoms with Gasteiger partial charge in [0.15, 0.2) is 0 Å². The highest BCUT2D eigenvalue weighted by Gasteiger charge is 2.25. The van der Waals surface area contributed by atoms with Gasteiger partial charge in [-0.2, -0.15) is 5.10 Å². The average molecular weight is 291 g/mol. The Morgan fingerprint density at radius 1 is 1.38 bits per heavy atom. The minimum Gasteiger partial charge on any atom is -0.384 e. The van der Waals surface area contributed by atoms with Crippen LogP contribution in [0, 0.1) is 5.82 Å². The first-order valence-corrected chi connectivity index (χ1v) is 7.12. The predicted octanol–water partition coefficient (Wildman–Crippen LogP) is 2.51. The van der Waals surface area contributed by atoms with Gasteiger partial charge in [0.2, 0.25) is 0 Å². The summed E-state index contributed by atoms with van der Waals surface area (Å²) in [4.78, 5) is 0. The predicted molar refractivity (Wildman–Crippen MR) is 80.2 cm³/mol. The van der Waals surface area contributed by atoms with Crippen molar-refractivity contribution in [2.45, 2.75) is 31.9 Å². The monoisotopic (exact) mass is 291 g/mol. The quantitative estimate of drug-likeness (QED) is 0.860. The lowest BCUT2D eigenvalue weighted by molar-refractivity contribution is 0.0535. The maximum absolute atomic E-state index is 13.0. The molecule has 0 radical (unpaired) electrons. The minimum absolute atomic E-state index is 0.0775. The molecule has 2 rings (SSSR count). The molecular weight excluding hydrogens is 269 g/mol. The summed E-state index contributed by atoms with van der Waals surface area (Å²) in [5.41, 5.74) is 0.786. The van der Waals surface area contributed by atoms with Gasteiger partial charge in [-0.1, -0.05) is 19.1 Å². The summed E-state index contributed by atoms with van der Waals surface area (Å²) in [6, 6.07) is 6.54. The number of nitrogens with one attached hydrogen (secondary N) is 1. The molecule has 0 spiro atoms. The Labute approximate surface area is 124 Å². The molecule has 0 bridgehead atoms. The van der Waals surface area contributed by atoms with Crippen LogP contribution in [0.15, 0.2) is 36.7 Å². The Balaban J connectivity index is 2.04. The lowest BCUT2D eigenvalue weighted by Gasteiger charge is -2.26. The smallest absolute Gasteiger partial charge is 0.123 e. The van der Waals surface area contributed by atoms with Crippen LogP contribution < -0.4 is 5.32 Å². The van der Waals surface area contributed by atoms with Crippen molar-refractivity contribution in [1.82, 2.24) is 15.1 Å². The highest BCUT2D eigenvalue weighted by molar-refractivity contribution is 5.20. The van der Waals surface area contributed by atoms with Crippen molar-refractivity contribution in [2.24, 2.45) is 7.05 Å². The highest BCUT2D eigenvalue weighted by Crippen LogP contribution is 2.22. The fourth-order valence-electron chi connectivity index (χ4n) is 2.32. The molecular formula is C16H22FN3O. The number of benzene rings is 1. The van der Waals surface area contributed by atoms with Crippen LogP contribution in [-0.2, 0) is 12.6 Å². The van der Waals surface area contributed by atoms with Crippen molar-refractivity contribution in [3.8, 4) is 0 Å². The van der Waals surface area contributed by atoms with E-state index in [-0.39, 0.29) is 11.9 Å². The molecule has 2 atom stereocenters. The Morgan fingerprint density at radius 2 is 2.05 bits per heavy atom. The molecule has 2 N–H and O–H groups in total. The number of aliphatic hydroxyl groups is 1. The van der Waals surface area contributed by atoms with E-state index in [0.29, 0.717) is 6.54 Å². The van der Waals surface area contributed by atoms with E-state index in [1.165, 1.54) is 12.1 Å². The number of rotatable bonds is 6. The van der Waals surface area contributed by atoms with E-state index < -0.39 is 5.60 Å². The number of hydrogen-bond acceptors (Lipinski definition) is 3. The second kappa shape index (κ2) is 6.37. The van der Waals surface area contributed by atoms with Crippen LogP contribution >= 0.6 is 0 Å². The Hall–Kier alpha value is -1.72. The molecule has 4 nitrogen and oxygen atoms in total. The lowest BCUT2D eigenvalue weighted by Crippen LogP contribution is -2.37. The summed E-state index contributed by atoms with van der Waals surface area (Å²) in [5, 5.41) is 18.0. The molecule has 21 heavy (non-hydrogen) atoms. The summed E-state index contributed by atoms with van der Waals surface area (Å²) in [7, 11) is 1.82. The molecule has 1 aromatic heterocycles. The summed E-state index contributed by atoms with van der Waals surface area (Å²) in [5.74, 6) is -0.240. The second-order valence-corrected chi connectivity index (χ2v) is 5.57. The topological polar surface area (TPSA) is 50.1 Å². The van der Waals surface area contributed by atoms with Crippen LogP contribution in [-0.4, -0.2) is 21.4 Å². The largest absolute Gasteiger partial charge is 0.384 e. The highest BCUT2D eigenvalue weighted by atomic mass is 19.1. The first-order valence-electron chi connectivity index (χ1n) is 7.12. The number of nitrogens with zero attached hydrogens (tertiary/aromatic N) is 2. The molecule has 1 heterocycles. The van der Waals surface area contributed by atoms with E-state index in [2.05, 4.69) is 17.3 Å². The van der Waals surface area contributed by atoms with E-state index in [9.17, 15) is 9.50 Å². The molecule has 0 fully saturated rings. The first kappa shape index (κ1) is 15.7. The van der Waals surface area contributed by atoms with Crippen molar-refractivity contribution in [3.05, 3.63) is 53.6 Å². The van der Waals surface area contributed by atoms with Crippen LogP contribution in [0.2, 0.25) is 0 Å². The van der Waals surface area contributed by atoms with Gasteiger partial charge in [0.1, 0.15) is 11.4 Å². The first-order chi connectivity index (χ1) is 9.92. The van der Waals surface area contributed by atoms with Crippen LogP contribution in [0.1, 0.15) is 37.4 Å². The van der Waals surface area contributed by atoms with Crippen LogP contribution in [0.4, 0.5) is 4.39 Å². The van der Waals surface area contributed by atoms with Gasteiger partial charge < -0.3 is 10.4 Å². The van der Waals surface area contributed by atoms with E-state index in [4.69, 9.17) is 0 Å². The van der Waals surface area contributed by atoms with Gasteiger partial charge in [0, 0.05) is 31.4 Å². The zero-order valence-electron chi connectivity index (χ0n) is 12.7. The second-order valence-electron chi connectivity index (χ2n) is 5.57. The summed E-state index contributed by atoms with van der Waals surface area (Å²) >= 11 is 0. The Morgan fingerprint density at radius 3 is 2.57 bits per heavy atom. The van der Waals surface area contributed by atoms with Crippen LogP contribution in [0.5, 0.6) is 0 Å². The van der Waals surface area contributed by atoms with E-state index >= 15 is 0 Å². The van der Waals surface area contributed by atoms with Gasteiger partial charge in [0.05, 0.1) is 6.20 Å². The van der Waals surface area contributed by atoms with E-state index in [0.717, 1.165) is 17.5 Å². The number of aromatic nitrogens is 2. The summed E-state index contributed by atoms with van der Waals surface area (Å²) < 4.78 is 14.7. The fraction of sp³-hybridized carbons (Fsp3) is 0.438. The molecule has 114 valence electrons. The van der Waals surface area contributed by atoms with Gasteiger partial charge >= 0.3 is 0 Å². The van der Waals surface area contributed by atoms with Crippen molar-refractivity contribution >= 4 is 0 Å². The molecule has 0 aliphatic carbocycles. The number of aryl methyl sites for hydroxylation is 1. The van der Waals surface area contributed by atoms with Gasteiger partial charge in [-0.15, -0.1) is 0 Å². The summed E-state index contributed by atoms with van der Waals surface area (Å²) in [6.45, 7) is 4.21. The molecule has 0 saturated heterocycles. The normalized spacial score (nSPS) is 15.7. The van der Waals surface area contributed by atoms with E-state index in [1.807, 2.05) is 7.05 Å². The standard InChI is InChI=1S/C16H22FN3O/c1-4-15(12-5-7-14(17)8-6-12)18-11-16(2,21)13-9-19-20(3)10-13/h5-10,15,18,21H,4,11H2,1-3H3/t15-,16+/m0/s1. The van der Waals surface area contributed by atoms with Gasteiger partial charge in [0.25, 0.3) is 0 Å². The van der Waals surface area contributed by atoms with E-state index in [1.54, 1.807) is 36.1 Å². The molecule has 2 aromatic rings. The molecule has 0 aliphatic heterocycles. The molecule has 0 saturated carbocycles. The van der Waals surface area contributed by atoms with Crippen molar-refractivity contribution in [1.29, 1.82) is 0 Å². The third-order valence-corrected chi connectivity index (χ3v) is 3.70. The third kappa shape index (κ3) is 3.89. The van der Waals surface area contributed by atoms with Crippen LogP contribution in [0.25, 0.3) is 0 Å². The van der Waals surface area contributed by atoms with Gasteiger partial charge in [-0.05, 0) is 31.0 Å². The molecule has 0 amide bonds. The lowest BCUT2D eigenvalue weighted by atomic mass is 9.97. The summed E-state index contributed by atoms with van der Waals surface area (Å²) in [6.07, 6.45) is 4.33. The van der Waals surface area contributed by atoms with Crippen molar-refractivity contribution < 1.29 is 9.50 Å². The average Bonchev–Trinajstić information content (AvgIpc) is 2.89. The number of halogens is 1. The molecule has 1 aromatic carbocycles. The maximum Gasteiger partial charge on any atom is 0.123 e. The molecule has 0 aliphatic rings. The zero-order chi connectivity index (χ0) is 15.5. The van der Waals surface area contributed by atoms with Gasteiger partial charge in [-0.25, -0.2) is 4.39 Å². The SMILES string of the molecule is CC[C@H](NC[C@@](C)(O)c1cnn(C)c1)c1ccc(F)cc1. The minimum atomic E-state index is -0.998. The Bertz CT molecular complexity index is 577. The van der Waals surface area contributed by atoms with Crippen molar-refractivity contribution in [3.63, 3.8) is 0 Å². The van der Waals surface area contributed by atoms with Crippen molar-refractivity contribution in [2.75, 3.05) is 6.54 Å². The van der Waals surface area contributed by atoms with Gasteiger partial charge in [-0.3, -0.25) is 4.68 Å². The Kier molecular flexibility index (Phi) is 4.75. The zero-order valence-corrected chi connectivity index (χ0v) is 12.7.